The van der Waals surface area contributed by atoms with Gasteiger partial charge in [-0.3, -0.25) is 9.69 Å². The molecule has 1 aromatic heterocycles. The molecule has 10 heteroatoms. The number of amides is 1. The number of fused-ring (bicyclic) bond motifs is 5. The van der Waals surface area contributed by atoms with Gasteiger partial charge in [0.25, 0.3) is 0 Å². The molecule has 3 heterocycles. The Balaban J connectivity index is 1.56. The maximum atomic E-state index is 15.9. The lowest BCUT2D eigenvalue weighted by molar-refractivity contribution is -0.127. The zero-order valence-electron chi connectivity index (χ0n) is 21.9. The van der Waals surface area contributed by atoms with E-state index in [1.807, 2.05) is 13.8 Å². The molecule has 2 aliphatic rings. The molecule has 1 fully saturated rings. The van der Waals surface area contributed by atoms with Crippen LogP contribution in [0.25, 0.3) is 11.0 Å². The van der Waals surface area contributed by atoms with Crippen LogP contribution in [-0.4, -0.2) is 49.6 Å². The molecule has 0 unspecified atom stereocenters. The monoisotopic (exact) mass is 580 g/mol. The SMILES string of the molecule is CCN1[C@H]2CCn3c(nc4cc(C(=O)O)ccc43)[C@H]2[C@H](c2cccc(Cl)c2F)[C@]1(C)C(=O)Nc1cccc(Cl)c1. The molecule has 0 spiro atoms. The summed E-state index contributed by atoms with van der Waals surface area (Å²) in [6.07, 6.45) is 0.705. The first-order valence-corrected chi connectivity index (χ1v) is 13.9. The second kappa shape index (κ2) is 9.87. The predicted octanol–water partition coefficient (Wildman–Crippen LogP) is 6.55. The van der Waals surface area contributed by atoms with Crippen molar-refractivity contribution in [2.45, 2.75) is 50.2 Å². The molecule has 4 atom stereocenters. The van der Waals surface area contributed by atoms with Crippen LogP contribution in [0.2, 0.25) is 10.0 Å². The van der Waals surface area contributed by atoms with Crippen molar-refractivity contribution in [3.05, 3.63) is 93.5 Å². The van der Waals surface area contributed by atoms with Gasteiger partial charge in [0.05, 0.1) is 21.6 Å². The molecular formula is C30H27Cl2FN4O3. The summed E-state index contributed by atoms with van der Waals surface area (Å²) in [5, 5.41) is 13.0. The van der Waals surface area contributed by atoms with E-state index < -0.39 is 23.2 Å². The summed E-state index contributed by atoms with van der Waals surface area (Å²) in [4.78, 5) is 33.0. The molecule has 2 aliphatic heterocycles. The Bertz CT molecular complexity index is 1670. The van der Waals surface area contributed by atoms with Crippen LogP contribution >= 0.6 is 23.2 Å². The van der Waals surface area contributed by atoms with Gasteiger partial charge >= 0.3 is 5.97 Å². The molecule has 2 N–H and O–H groups in total. The molecule has 0 saturated carbocycles. The smallest absolute Gasteiger partial charge is 0.335 e. The number of likely N-dealkylation sites (N-methyl/N-ethyl adjacent to an activating group) is 1. The van der Waals surface area contributed by atoms with Crippen LogP contribution < -0.4 is 5.32 Å². The number of carboxylic acids is 1. The summed E-state index contributed by atoms with van der Waals surface area (Å²) in [6, 6.07) is 16.6. The highest BCUT2D eigenvalue weighted by atomic mass is 35.5. The lowest BCUT2D eigenvalue weighted by atomic mass is 9.73. The van der Waals surface area contributed by atoms with E-state index in [0.717, 1.165) is 5.52 Å². The Morgan fingerprint density at radius 3 is 2.65 bits per heavy atom. The van der Waals surface area contributed by atoms with Crippen LogP contribution in [0.15, 0.2) is 60.7 Å². The van der Waals surface area contributed by atoms with E-state index in [2.05, 4.69) is 14.8 Å². The molecule has 206 valence electrons. The molecule has 4 aromatic rings. The standard InChI is InChI=1S/C30H27Cl2FN4O3/c1-3-37-23-12-13-36-22-11-10-16(28(38)39)14-21(22)35-27(36)24(23)25(19-8-5-9-20(32)26(19)33)30(37,2)29(40)34-18-7-4-6-17(31)15-18/h4-11,14-15,23-25H,3,12-13H2,1-2H3,(H,34,40)(H,38,39)/t23-,24+,25-,30+/m0/s1. The fraction of sp³-hybridized carbons (Fsp3) is 0.300. The zero-order valence-corrected chi connectivity index (χ0v) is 23.4. The van der Waals surface area contributed by atoms with Crippen molar-refractivity contribution < 1.29 is 19.1 Å². The van der Waals surface area contributed by atoms with Crippen molar-refractivity contribution in [3.8, 4) is 0 Å². The average Bonchev–Trinajstić information content (AvgIpc) is 3.42. The summed E-state index contributed by atoms with van der Waals surface area (Å²) < 4.78 is 17.9. The van der Waals surface area contributed by atoms with Crippen LogP contribution in [0.4, 0.5) is 10.1 Å². The maximum absolute atomic E-state index is 15.9. The summed E-state index contributed by atoms with van der Waals surface area (Å²) in [7, 11) is 0. The second-order valence-electron chi connectivity index (χ2n) is 10.5. The van der Waals surface area contributed by atoms with Crippen LogP contribution in [0.1, 0.15) is 53.8 Å². The highest BCUT2D eigenvalue weighted by molar-refractivity contribution is 6.31. The predicted molar refractivity (Wildman–Crippen MR) is 153 cm³/mol. The van der Waals surface area contributed by atoms with Crippen LogP contribution in [0, 0.1) is 5.82 Å². The average molecular weight is 581 g/mol. The number of hydrogen-bond donors (Lipinski definition) is 2. The van der Waals surface area contributed by atoms with Gasteiger partial charge in [-0.25, -0.2) is 14.2 Å². The first-order chi connectivity index (χ1) is 19.1. The summed E-state index contributed by atoms with van der Waals surface area (Å²) in [6.45, 7) is 5.03. The Morgan fingerprint density at radius 2 is 1.93 bits per heavy atom. The van der Waals surface area contributed by atoms with E-state index >= 15 is 4.39 Å². The Labute approximate surface area is 240 Å². The van der Waals surface area contributed by atoms with Crippen LogP contribution in [-0.2, 0) is 11.3 Å². The Morgan fingerprint density at radius 1 is 1.15 bits per heavy atom. The number of aromatic nitrogens is 2. The molecule has 1 saturated heterocycles. The van der Waals surface area contributed by atoms with Gasteiger partial charge < -0.3 is 15.0 Å². The third-order valence-corrected chi connectivity index (χ3v) is 9.07. The zero-order chi connectivity index (χ0) is 28.3. The Kier molecular flexibility index (Phi) is 6.60. The first kappa shape index (κ1) is 26.7. The van der Waals surface area contributed by atoms with Gasteiger partial charge in [-0.2, -0.15) is 0 Å². The number of carbonyl (C=O) groups excluding carboxylic acids is 1. The van der Waals surface area contributed by atoms with Crippen molar-refractivity contribution >= 4 is 51.8 Å². The molecule has 40 heavy (non-hydrogen) atoms. The second-order valence-corrected chi connectivity index (χ2v) is 11.4. The molecule has 0 bridgehead atoms. The van der Waals surface area contributed by atoms with Gasteiger partial charge in [0.2, 0.25) is 5.91 Å². The van der Waals surface area contributed by atoms with E-state index in [1.54, 1.807) is 54.6 Å². The number of hydrogen-bond acceptors (Lipinski definition) is 4. The van der Waals surface area contributed by atoms with Crippen LogP contribution in [0.3, 0.4) is 0 Å². The summed E-state index contributed by atoms with van der Waals surface area (Å²) in [5.41, 5.74) is 1.21. The number of halogens is 3. The summed E-state index contributed by atoms with van der Waals surface area (Å²) in [5.74, 6) is -2.19. The van der Waals surface area contributed by atoms with Gasteiger partial charge in [0.15, 0.2) is 0 Å². The third-order valence-electron chi connectivity index (χ3n) is 8.55. The molecule has 3 aromatic carbocycles. The quantitative estimate of drug-likeness (QED) is 0.279. The van der Waals surface area contributed by atoms with Gasteiger partial charge in [0, 0.05) is 35.1 Å². The molecule has 1 amide bonds. The number of aromatic carboxylic acids is 1. The van der Waals surface area contributed by atoms with E-state index in [9.17, 15) is 14.7 Å². The van der Waals surface area contributed by atoms with Gasteiger partial charge in [-0.15, -0.1) is 0 Å². The lowest BCUT2D eigenvalue weighted by Gasteiger charge is -2.39. The molecule has 6 rings (SSSR count). The molecule has 0 aliphatic carbocycles. The minimum absolute atomic E-state index is 0.0167. The number of anilines is 1. The van der Waals surface area contributed by atoms with E-state index in [4.69, 9.17) is 28.2 Å². The number of imidazole rings is 1. The fourth-order valence-corrected chi connectivity index (χ4v) is 7.27. The fourth-order valence-electron chi connectivity index (χ4n) is 6.89. The van der Waals surface area contributed by atoms with Crippen molar-refractivity contribution in [1.82, 2.24) is 14.5 Å². The number of rotatable bonds is 5. The van der Waals surface area contributed by atoms with Crippen molar-refractivity contribution in [3.63, 3.8) is 0 Å². The number of nitrogens with one attached hydrogen (secondary N) is 1. The number of nitrogens with zero attached hydrogens (tertiary/aromatic N) is 3. The Hall–Kier alpha value is -3.46. The van der Waals surface area contributed by atoms with Crippen molar-refractivity contribution in [2.24, 2.45) is 0 Å². The normalized spacial score (nSPS) is 24.1. The molecule has 7 nitrogen and oxygen atoms in total. The van der Waals surface area contributed by atoms with E-state index in [-0.39, 0.29) is 28.5 Å². The van der Waals surface area contributed by atoms with E-state index in [0.29, 0.717) is 47.1 Å². The first-order valence-electron chi connectivity index (χ1n) is 13.2. The van der Waals surface area contributed by atoms with Crippen molar-refractivity contribution in [1.29, 1.82) is 0 Å². The molecular weight excluding hydrogens is 554 g/mol. The third kappa shape index (κ3) is 4.00. The van der Waals surface area contributed by atoms with Gasteiger partial charge in [0.1, 0.15) is 17.2 Å². The number of carboxylic acid groups (broad SMARTS) is 1. The largest absolute Gasteiger partial charge is 0.478 e. The highest BCUT2D eigenvalue weighted by Crippen LogP contribution is 2.57. The maximum Gasteiger partial charge on any atom is 0.335 e. The van der Waals surface area contributed by atoms with Crippen molar-refractivity contribution in [2.75, 3.05) is 11.9 Å². The number of likely N-dealkylation sites (tertiary alicyclic amines) is 1. The minimum Gasteiger partial charge on any atom is -0.478 e. The summed E-state index contributed by atoms with van der Waals surface area (Å²) >= 11 is 12.5. The molecule has 0 radical (unpaired) electrons. The number of benzene rings is 3. The number of carbonyl (C=O) groups is 2. The lowest BCUT2D eigenvalue weighted by Crippen LogP contribution is -2.55. The van der Waals surface area contributed by atoms with Gasteiger partial charge in [-0.1, -0.05) is 48.3 Å². The minimum atomic E-state index is -1.18. The van der Waals surface area contributed by atoms with E-state index in [1.165, 1.54) is 6.07 Å². The highest BCUT2D eigenvalue weighted by Gasteiger charge is 2.62. The number of aryl methyl sites for hydroxylation is 1. The topological polar surface area (TPSA) is 87.5 Å². The van der Waals surface area contributed by atoms with Gasteiger partial charge in [-0.05, 0) is 67.9 Å². The van der Waals surface area contributed by atoms with Crippen LogP contribution in [0.5, 0.6) is 0 Å².